The topological polar surface area (TPSA) is 47.6 Å². The standard InChI is InChI=1S/C16H23NO3/c1-16(2,3)15(18)17-13-6-5-9-20-14-8-7-11(19-4)10-12(13)14/h7-8,10,13H,5-6,9H2,1-4H3,(H,17,18). The van der Waals surface area contributed by atoms with Crippen LogP contribution in [0, 0.1) is 5.41 Å². The molecule has 0 bridgehead atoms. The molecule has 0 saturated heterocycles. The molecule has 20 heavy (non-hydrogen) atoms. The SMILES string of the molecule is COc1ccc2c(c1)C(NC(=O)C(C)(C)C)CCCO2. The number of rotatable bonds is 2. The third kappa shape index (κ3) is 3.24. The second-order valence-electron chi connectivity index (χ2n) is 6.17. The average molecular weight is 277 g/mol. The van der Waals surface area contributed by atoms with Crippen LogP contribution in [-0.2, 0) is 4.79 Å². The van der Waals surface area contributed by atoms with Crippen molar-refractivity contribution < 1.29 is 14.3 Å². The van der Waals surface area contributed by atoms with Gasteiger partial charge in [-0.2, -0.15) is 0 Å². The Bertz CT molecular complexity index is 491. The summed E-state index contributed by atoms with van der Waals surface area (Å²) in [5.74, 6) is 1.67. The monoisotopic (exact) mass is 277 g/mol. The number of hydrogen-bond donors (Lipinski definition) is 1. The van der Waals surface area contributed by atoms with Crippen molar-refractivity contribution in [2.24, 2.45) is 5.41 Å². The van der Waals surface area contributed by atoms with Gasteiger partial charge in [0.2, 0.25) is 5.91 Å². The summed E-state index contributed by atoms with van der Waals surface area (Å²) in [6, 6.07) is 5.73. The van der Waals surface area contributed by atoms with Crippen LogP contribution in [0.4, 0.5) is 0 Å². The molecule has 1 heterocycles. The quantitative estimate of drug-likeness (QED) is 0.903. The van der Waals surface area contributed by atoms with Gasteiger partial charge in [-0.1, -0.05) is 20.8 Å². The van der Waals surface area contributed by atoms with Crippen molar-refractivity contribution in [3.05, 3.63) is 23.8 Å². The molecule has 1 aromatic rings. The van der Waals surface area contributed by atoms with Crippen molar-refractivity contribution in [1.82, 2.24) is 5.32 Å². The van der Waals surface area contributed by atoms with E-state index in [4.69, 9.17) is 9.47 Å². The Hall–Kier alpha value is -1.71. The van der Waals surface area contributed by atoms with Crippen LogP contribution in [0.2, 0.25) is 0 Å². The van der Waals surface area contributed by atoms with Crippen molar-refractivity contribution in [3.8, 4) is 11.5 Å². The first kappa shape index (κ1) is 14.7. The van der Waals surface area contributed by atoms with Crippen LogP contribution in [0.25, 0.3) is 0 Å². The Balaban J connectivity index is 2.28. The molecule has 0 fully saturated rings. The summed E-state index contributed by atoms with van der Waals surface area (Å²) < 4.78 is 11.0. The summed E-state index contributed by atoms with van der Waals surface area (Å²) in [4.78, 5) is 12.2. The van der Waals surface area contributed by atoms with Gasteiger partial charge in [0.1, 0.15) is 11.5 Å². The zero-order valence-corrected chi connectivity index (χ0v) is 12.7. The van der Waals surface area contributed by atoms with E-state index in [2.05, 4.69) is 5.32 Å². The number of hydrogen-bond acceptors (Lipinski definition) is 3. The lowest BCUT2D eigenvalue weighted by atomic mass is 9.93. The minimum Gasteiger partial charge on any atom is -0.497 e. The molecule has 1 aliphatic rings. The van der Waals surface area contributed by atoms with Gasteiger partial charge in [0.05, 0.1) is 19.8 Å². The van der Waals surface area contributed by atoms with Crippen molar-refractivity contribution in [2.75, 3.05) is 13.7 Å². The van der Waals surface area contributed by atoms with Crippen LogP contribution in [0.5, 0.6) is 11.5 Å². The Labute approximate surface area is 120 Å². The van der Waals surface area contributed by atoms with Crippen LogP contribution in [-0.4, -0.2) is 19.6 Å². The van der Waals surface area contributed by atoms with E-state index in [0.717, 1.165) is 29.9 Å². The van der Waals surface area contributed by atoms with E-state index in [0.29, 0.717) is 6.61 Å². The zero-order valence-electron chi connectivity index (χ0n) is 12.7. The predicted octanol–water partition coefficient (Wildman–Crippen LogP) is 3.07. The predicted molar refractivity (Wildman–Crippen MR) is 78.1 cm³/mol. The molecule has 2 rings (SSSR count). The number of amides is 1. The first-order valence-electron chi connectivity index (χ1n) is 7.03. The lowest BCUT2D eigenvalue weighted by molar-refractivity contribution is -0.129. The van der Waals surface area contributed by atoms with E-state index in [9.17, 15) is 4.79 Å². The van der Waals surface area contributed by atoms with Crippen molar-refractivity contribution in [1.29, 1.82) is 0 Å². The average Bonchev–Trinajstić information content (AvgIpc) is 2.59. The summed E-state index contributed by atoms with van der Waals surface area (Å²) in [6.45, 7) is 6.44. The Morgan fingerprint density at radius 2 is 2.15 bits per heavy atom. The summed E-state index contributed by atoms with van der Waals surface area (Å²) in [5, 5.41) is 3.13. The van der Waals surface area contributed by atoms with Crippen LogP contribution in [0.3, 0.4) is 0 Å². The molecule has 0 radical (unpaired) electrons. The second kappa shape index (κ2) is 5.73. The smallest absolute Gasteiger partial charge is 0.225 e. The van der Waals surface area contributed by atoms with Gasteiger partial charge in [-0.05, 0) is 31.0 Å². The molecule has 1 atom stereocenters. The van der Waals surface area contributed by atoms with Crippen molar-refractivity contribution in [3.63, 3.8) is 0 Å². The molecule has 110 valence electrons. The fourth-order valence-corrected chi connectivity index (χ4v) is 2.21. The van der Waals surface area contributed by atoms with Crippen molar-refractivity contribution >= 4 is 5.91 Å². The van der Waals surface area contributed by atoms with Crippen LogP contribution in [0.1, 0.15) is 45.2 Å². The number of ether oxygens (including phenoxy) is 2. The molecule has 0 spiro atoms. The van der Waals surface area contributed by atoms with E-state index >= 15 is 0 Å². The van der Waals surface area contributed by atoms with Gasteiger partial charge in [0.25, 0.3) is 0 Å². The summed E-state index contributed by atoms with van der Waals surface area (Å²) in [5.41, 5.74) is 0.603. The number of benzene rings is 1. The highest BCUT2D eigenvalue weighted by molar-refractivity contribution is 5.81. The van der Waals surface area contributed by atoms with E-state index in [1.807, 2.05) is 39.0 Å². The second-order valence-corrected chi connectivity index (χ2v) is 6.17. The van der Waals surface area contributed by atoms with E-state index in [-0.39, 0.29) is 11.9 Å². The molecule has 1 aliphatic heterocycles. The molecule has 4 heteroatoms. The van der Waals surface area contributed by atoms with Crippen LogP contribution >= 0.6 is 0 Å². The van der Waals surface area contributed by atoms with Crippen LogP contribution < -0.4 is 14.8 Å². The fraction of sp³-hybridized carbons (Fsp3) is 0.562. The first-order valence-corrected chi connectivity index (χ1v) is 7.03. The van der Waals surface area contributed by atoms with Gasteiger partial charge in [0.15, 0.2) is 0 Å². The van der Waals surface area contributed by atoms with Gasteiger partial charge in [0, 0.05) is 11.0 Å². The van der Waals surface area contributed by atoms with Gasteiger partial charge < -0.3 is 14.8 Å². The maximum atomic E-state index is 12.2. The lowest BCUT2D eigenvalue weighted by Crippen LogP contribution is -2.37. The minimum atomic E-state index is -0.397. The maximum Gasteiger partial charge on any atom is 0.225 e. The van der Waals surface area contributed by atoms with Gasteiger partial charge >= 0.3 is 0 Å². The largest absolute Gasteiger partial charge is 0.497 e. The van der Waals surface area contributed by atoms with E-state index in [1.165, 1.54) is 0 Å². The van der Waals surface area contributed by atoms with Crippen molar-refractivity contribution in [2.45, 2.75) is 39.7 Å². The summed E-state index contributed by atoms with van der Waals surface area (Å²) in [6.07, 6.45) is 1.80. The molecule has 1 amide bonds. The van der Waals surface area contributed by atoms with Crippen LogP contribution in [0.15, 0.2) is 18.2 Å². The number of nitrogens with one attached hydrogen (secondary N) is 1. The highest BCUT2D eigenvalue weighted by atomic mass is 16.5. The first-order chi connectivity index (χ1) is 9.41. The number of fused-ring (bicyclic) bond motifs is 1. The lowest BCUT2D eigenvalue weighted by Gasteiger charge is -2.24. The normalized spacial score (nSPS) is 18.5. The van der Waals surface area contributed by atoms with Gasteiger partial charge in [-0.25, -0.2) is 0 Å². The highest BCUT2D eigenvalue weighted by Gasteiger charge is 2.27. The Morgan fingerprint density at radius 3 is 2.80 bits per heavy atom. The highest BCUT2D eigenvalue weighted by Crippen LogP contribution is 2.34. The molecule has 1 unspecified atom stereocenters. The van der Waals surface area contributed by atoms with E-state index < -0.39 is 5.41 Å². The molecule has 0 saturated carbocycles. The van der Waals surface area contributed by atoms with Gasteiger partial charge in [-0.3, -0.25) is 4.79 Å². The number of carbonyl (C=O) groups excluding carboxylic acids is 1. The fourth-order valence-electron chi connectivity index (χ4n) is 2.21. The van der Waals surface area contributed by atoms with Gasteiger partial charge in [-0.15, -0.1) is 0 Å². The number of methoxy groups -OCH3 is 1. The molecule has 1 N–H and O–H groups in total. The summed E-state index contributed by atoms with van der Waals surface area (Å²) >= 11 is 0. The molecule has 4 nitrogen and oxygen atoms in total. The number of carbonyl (C=O) groups is 1. The minimum absolute atomic E-state index is 0.0191. The zero-order chi connectivity index (χ0) is 14.8. The molecular formula is C16H23NO3. The third-order valence-electron chi connectivity index (χ3n) is 3.47. The third-order valence-corrected chi connectivity index (χ3v) is 3.47. The molecule has 0 aliphatic carbocycles. The molecule has 1 aromatic carbocycles. The van der Waals surface area contributed by atoms with E-state index in [1.54, 1.807) is 7.11 Å². The summed E-state index contributed by atoms with van der Waals surface area (Å²) in [7, 11) is 1.64. The Kier molecular flexibility index (Phi) is 4.21. The molecular weight excluding hydrogens is 254 g/mol. The Morgan fingerprint density at radius 1 is 1.40 bits per heavy atom. The molecule has 0 aromatic heterocycles. The maximum absolute atomic E-state index is 12.2.